The highest BCUT2D eigenvalue weighted by Gasteiger charge is 2.28. The van der Waals surface area contributed by atoms with E-state index in [0.29, 0.717) is 5.69 Å². The van der Waals surface area contributed by atoms with Gasteiger partial charge in [0.05, 0.1) is 11.3 Å². The fraction of sp³-hybridized carbons (Fsp3) is 0.158. The van der Waals surface area contributed by atoms with Gasteiger partial charge < -0.3 is 16.4 Å². The molecule has 1 unspecified atom stereocenters. The first-order chi connectivity index (χ1) is 14.3. The van der Waals surface area contributed by atoms with Gasteiger partial charge in [-0.2, -0.15) is 4.99 Å². The number of benzene rings is 2. The van der Waals surface area contributed by atoms with Crippen LogP contribution in [0.3, 0.4) is 0 Å². The number of carbonyl (C=O) groups is 2. The van der Waals surface area contributed by atoms with Crippen LogP contribution in [0, 0.1) is 17.0 Å². The van der Waals surface area contributed by atoms with Crippen LogP contribution in [-0.4, -0.2) is 34.7 Å². The predicted molar refractivity (Wildman–Crippen MR) is 112 cm³/mol. The van der Waals surface area contributed by atoms with Crippen molar-refractivity contribution in [3.63, 3.8) is 0 Å². The van der Waals surface area contributed by atoms with Crippen molar-refractivity contribution >= 4 is 40.8 Å². The molecule has 154 valence electrons. The maximum absolute atomic E-state index is 12.2. The molecule has 0 saturated carbocycles. The van der Waals surface area contributed by atoms with E-state index in [1.807, 2.05) is 31.2 Å². The fourth-order valence-corrected chi connectivity index (χ4v) is 2.67. The van der Waals surface area contributed by atoms with Gasteiger partial charge in [0.1, 0.15) is 6.04 Å². The second-order valence-electron chi connectivity index (χ2n) is 6.45. The van der Waals surface area contributed by atoms with Crippen molar-refractivity contribution in [3.05, 3.63) is 64.2 Å². The third-order valence-corrected chi connectivity index (χ3v) is 4.19. The first kappa shape index (κ1) is 20.5. The van der Waals surface area contributed by atoms with Crippen molar-refractivity contribution in [3.8, 4) is 0 Å². The van der Waals surface area contributed by atoms with E-state index in [1.165, 1.54) is 24.3 Å². The number of nitrogens with zero attached hydrogens (tertiary/aromatic N) is 3. The highest BCUT2D eigenvalue weighted by atomic mass is 16.6. The van der Waals surface area contributed by atoms with Crippen molar-refractivity contribution in [2.24, 2.45) is 15.7 Å². The lowest BCUT2D eigenvalue weighted by molar-refractivity contribution is -0.384. The smallest absolute Gasteiger partial charge is 0.269 e. The minimum atomic E-state index is -0.951. The van der Waals surface area contributed by atoms with Gasteiger partial charge in [0.25, 0.3) is 11.6 Å². The molecule has 5 N–H and O–H groups in total. The molecule has 0 aliphatic carbocycles. The molecule has 2 aromatic carbocycles. The number of guanidine groups is 2. The Labute approximate surface area is 171 Å². The zero-order chi connectivity index (χ0) is 21.7. The molecule has 0 bridgehead atoms. The summed E-state index contributed by atoms with van der Waals surface area (Å²) in [7, 11) is 0. The van der Waals surface area contributed by atoms with Crippen LogP contribution in [0.5, 0.6) is 0 Å². The van der Waals surface area contributed by atoms with E-state index in [4.69, 9.17) is 5.73 Å². The minimum absolute atomic E-state index is 0.00622. The largest absolute Gasteiger partial charge is 0.369 e. The van der Waals surface area contributed by atoms with Crippen LogP contribution in [-0.2, 0) is 9.59 Å². The van der Waals surface area contributed by atoms with Crippen molar-refractivity contribution < 1.29 is 14.5 Å². The number of nitrogens with two attached hydrogens (primary N) is 1. The van der Waals surface area contributed by atoms with Gasteiger partial charge in [0.15, 0.2) is 0 Å². The third-order valence-electron chi connectivity index (χ3n) is 4.19. The lowest BCUT2D eigenvalue weighted by Crippen LogP contribution is -2.32. The van der Waals surface area contributed by atoms with Crippen LogP contribution >= 0.6 is 0 Å². The molecular formula is C19H19N7O4. The Bertz CT molecular complexity index is 1050. The van der Waals surface area contributed by atoms with Gasteiger partial charge in [-0.3, -0.25) is 25.0 Å². The van der Waals surface area contributed by atoms with Gasteiger partial charge in [0.2, 0.25) is 17.8 Å². The minimum Gasteiger partial charge on any atom is -0.369 e. The van der Waals surface area contributed by atoms with Crippen molar-refractivity contribution in [2.75, 3.05) is 10.6 Å². The Morgan fingerprint density at radius 3 is 2.60 bits per heavy atom. The number of non-ortho nitro benzene ring substituents is 1. The Hall–Kier alpha value is -4.28. The molecule has 0 radical (unpaired) electrons. The summed E-state index contributed by atoms with van der Waals surface area (Å²) in [6.07, 6.45) is -0.215. The maximum atomic E-state index is 12.2. The molecular weight excluding hydrogens is 390 g/mol. The summed E-state index contributed by atoms with van der Waals surface area (Å²) in [5, 5.41) is 18.6. The first-order valence-corrected chi connectivity index (χ1v) is 8.91. The molecule has 1 atom stereocenters. The lowest BCUT2D eigenvalue weighted by Gasteiger charge is -2.07. The van der Waals surface area contributed by atoms with Crippen LogP contribution in [0.15, 0.2) is 58.5 Å². The summed E-state index contributed by atoms with van der Waals surface area (Å²) in [4.78, 5) is 42.5. The molecule has 2 amide bonds. The average Bonchev–Trinajstić information content (AvgIpc) is 3.02. The Kier molecular flexibility index (Phi) is 6.01. The number of carbonyl (C=O) groups excluding carboxylic acids is 2. The van der Waals surface area contributed by atoms with E-state index in [-0.39, 0.29) is 24.0 Å². The topological polar surface area (TPSA) is 164 Å². The van der Waals surface area contributed by atoms with Gasteiger partial charge in [0, 0.05) is 23.5 Å². The number of hydrogen-bond donors (Lipinski definition) is 4. The van der Waals surface area contributed by atoms with E-state index < -0.39 is 22.8 Å². The van der Waals surface area contributed by atoms with Gasteiger partial charge in [-0.25, -0.2) is 4.99 Å². The molecule has 0 aromatic heterocycles. The zero-order valence-electron chi connectivity index (χ0n) is 16.0. The SMILES string of the molecule is Cc1ccccc1N/C(N)=N/C1=NC(CC(=O)Nc2ccc([N+](=O)[O-])cc2)C(=O)N1. The molecule has 1 aliphatic heterocycles. The molecule has 0 fully saturated rings. The Balaban J connectivity index is 1.60. The number of rotatable bonds is 5. The van der Waals surface area contributed by atoms with Crippen molar-refractivity contribution in [1.29, 1.82) is 0 Å². The molecule has 3 rings (SSSR count). The molecule has 2 aromatic rings. The molecule has 11 nitrogen and oxygen atoms in total. The number of aryl methyl sites for hydroxylation is 1. The number of anilines is 2. The quantitative estimate of drug-likeness (QED) is 0.253. The van der Waals surface area contributed by atoms with E-state index >= 15 is 0 Å². The molecule has 0 spiro atoms. The molecule has 1 aliphatic rings. The first-order valence-electron chi connectivity index (χ1n) is 8.91. The standard InChI is InChI=1S/C19H19N7O4/c1-11-4-2-3-5-14(11)22-18(20)25-19-23-15(17(28)24-19)10-16(27)21-12-6-8-13(9-7-12)26(29)30/h2-9,15H,10H2,1H3,(H,21,27)(H4,20,22,23,24,25,28). The number of amides is 2. The highest BCUT2D eigenvalue weighted by molar-refractivity contribution is 6.11. The number of nitro groups is 1. The van der Waals surface area contributed by atoms with Crippen LogP contribution in [0.1, 0.15) is 12.0 Å². The molecule has 1 heterocycles. The molecule has 30 heavy (non-hydrogen) atoms. The van der Waals surface area contributed by atoms with Crippen molar-refractivity contribution in [2.45, 2.75) is 19.4 Å². The molecule has 0 saturated heterocycles. The molecule has 11 heteroatoms. The summed E-state index contributed by atoms with van der Waals surface area (Å²) in [5.41, 5.74) is 7.88. The average molecular weight is 409 g/mol. The number of hydrogen-bond acceptors (Lipinski definition) is 6. The number of nitro benzene ring substituents is 1. The van der Waals surface area contributed by atoms with E-state index in [2.05, 4.69) is 25.9 Å². The van der Waals surface area contributed by atoms with Gasteiger partial charge in [-0.15, -0.1) is 0 Å². The number of nitrogens with one attached hydrogen (secondary N) is 3. The summed E-state index contributed by atoms with van der Waals surface area (Å²) < 4.78 is 0. The number of aliphatic imine (C=N–C) groups is 2. The highest BCUT2D eigenvalue weighted by Crippen LogP contribution is 2.16. The zero-order valence-corrected chi connectivity index (χ0v) is 16.0. The monoisotopic (exact) mass is 409 g/mol. The van der Waals surface area contributed by atoms with Crippen LogP contribution in [0.4, 0.5) is 17.1 Å². The third kappa shape index (κ3) is 5.16. The second-order valence-corrected chi connectivity index (χ2v) is 6.45. The van der Waals surface area contributed by atoms with E-state index in [0.717, 1.165) is 11.3 Å². The number of para-hydroxylation sites is 1. The summed E-state index contributed by atoms with van der Waals surface area (Å²) in [6.45, 7) is 1.91. The van der Waals surface area contributed by atoms with E-state index in [1.54, 1.807) is 0 Å². The maximum Gasteiger partial charge on any atom is 0.269 e. The predicted octanol–water partition coefficient (Wildman–Crippen LogP) is 1.51. The van der Waals surface area contributed by atoms with Gasteiger partial charge >= 0.3 is 0 Å². The van der Waals surface area contributed by atoms with Gasteiger partial charge in [-0.1, -0.05) is 18.2 Å². The summed E-state index contributed by atoms with van der Waals surface area (Å²) in [5.74, 6) is -0.897. The second kappa shape index (κ2) is 8.82. The normalized spacial score (nSPS) is 15.9. The Morgan fingerprint density at radius 1 is 1.23 bits per heavy atom. The van der Waals surface area contributed by atoms with Crippen LogP contribution in [0.25, 0.3) is 0 Å². The summed E-state index contributed by atoms with van der Waals surface area (Å²) >= 11 is 0. The fourth-order valence-electron chi connectivity index (χ4n) is 2.67. The van der Waals surface area contributed by atoms with E-state index in [9.17, 15) is 19.7 Å². The van der Waals surface area contributed by atoms with Crippen molar-refractivity contribution in [1.82, 2.24) is 5.32 Å². The van der Waals surface area contributed by atoms with Crippen LogP contribution in [0.2, 0.25) is 0 Å². The van der Waals surface area contributed by atoms with Gasteiger partial charge in [-0.05, 0) is 30.7 Å². The summed E-state index contributed by atoms with van der Waals surface area (Å²) in [6, 6.07) is 11.9. The lowest BCUT2D eigenvalue weighted by atomic mass is 10.2. The van der Waals surface area contributed by atoms with Crippen LogP contribution < -0.4 is 21.7 Å². The Morgan fingerprint density at radius 2 is 1.93 bits per heavy atom.